The summed E-state index contributed by atoms with van der Waals surface area (Å²) in [5.41, 5.74) is 1.90. The first-order chi connectivity index (χ1) is 16.9. The smallest absolute Gasteiger partial charge is 0.277 e. The highest BCUT2D eigenvalue weighted by molar-refractivity contribution is 6.36. The van der Waals surface area contributed by atoms with Crippen LogP contribution in [0.15, 0.2) is 84.9 Å². The molecule has 4 aromatic carbocycles. The van der Waals surface area contributed by atoms with Gasteiger partial charge in [0.2, 0.25) is 0 Å². The number of nitro groups is 1. The maximum atomic E-state index is 13.3. The zero-order chi connectivity index (χ0) is 24.7. The first-order valence-corrected chi connectivity index (χ1v) is 10.9. The van der Waals surface area contributed by atoms with E-state index in [0.29, 0.717) is 11.3 Å². The van der Waals surface area contributed by atoms with Gasteiger partial charge in [0.05, 0.1) is 22.0 Å². The number of nitrogens with one attached hydrogen (secondary N) is 1. The van der Waals surface area contributed by atoms with Gasteiger partial charge in [0, 0.05) is 28.1 Å². The molecule has 4 aromatic rings. The fourth-order valence-corrected chi connectivity index (χ4v) is 4.34. The molecule has 1 aliphatic heterocycles. The van der Waals surface area contributed by atoms with Crippen molar-refractivity contribution in [2.45, 2.75) is 13.0 Å². The molecule has 1 unspecified atom stereocenters. The van der Waals surface area contributed by atoms with E-state index in [4.69, 9.17) is 0 Å². The number of hydrogen-bond donors (Lipinski definition) is 1. The minimum atomic E-state index is -0.580. The van der Waals surface area contributed by atoms with Crippen molar-refractivity contribution in [3.05, 3.63) is 117 Å². The van der Waals surface area contributed by atoms with Crippen LogP contribution in [0.1, 0.15) is 49.6 Å². The normalized spacial score (nSPS) is 13.6. The van der Waals surface area contributed by atoms with Gasteiger partial charge in [0.1, 0.15) is 0 Å². The molecule has 3 amide bonds. The minimum absolute atomic E-state index is 0.167. The second-order valence-electron chi connectivity index (χ2n) is 8.22. The summed E-state index contributed by atoms with van der Waals surface area (Å²) in [7, 11) is 0. The molecular weight excluding hydrogens is 446 g/mol. The third kappa shape index (κ3) is 3.71. The number of imide groups is 1. The molecule has 0 bridgehead atoms. The quantitative estimate of drug-likeness (QED) is 0.252. The molecule has 5 rings (SSSR count). The van der Waals surface area contributed by atoms with Crippen LogP contribution in [0.3, 0.4) is 0 Å². The number of benzene rings is 4. The van der Waals surface area contributed by atoms with E-state index in [9.17, 15) is 24.5 Å². The van der Waals surface area contributed by atoms with E-state index < -0.39 is 16.7 Å². The fourth-order valence-electron chi connectivity index (χ4n) is 4.34. The zero-order valence-electron chi connectivity index (χ0n) is 18.6. The summed E-state index contributed by atoms with van der Waals surface area (Å²) in [5, 5.41) is 14.9. The SMILES string of the molecule is CC(NC(=O)c1ccc(N2C(=O)c3cccc4c([N+](=O)[O-])ccc(c34)C2=O)cc1)c1ccccc1. The van der Waals surface area contributed by atoms with Gasteiger partial charge < -0.3 is 5.32 Å². The van der Waals surface area contributed by atoms with Crippen LogP contribution in [0.2, 0.25) is 0 Å². The van der Waals surface area contributed by atoms with Gasteiger partial charge in [-0.25, -0.2) is 4.90 Å². The Hall–Kier alpha value is -4.85. The van der Waals surface area contributed by atoms with Gasteiger partial charge in [-0.15, -0.1) is 0 Å². The Morgan fingerprint density at radius 2 is 1.51 bits per heavy atom. The molecule has 1 N–H and O–H groups in total. The Labute approximate surface area is 199 Å². The van der Waals surface area contributed by atoms with Crippen LogP contribution in [0, 0.1) is 10.1 Å². The molecule has 172 valence electrons. The van der Waals surface area contributed by atoms with Crippen molar-refractivity contribution in [1.82, 2.24) is 5.32 Å². The van der Waals surface area contributed by atoms with E-state index in [2.05, 4.69) is 5.32 Å². The van der Waals surface area contributed by atoms with Gasteiger partial charge in [-0.05, 0) is 55.0 Å². The average molecular weight is 465 g/mol. The number of nitrogens with zero attached hydrogens (tertiary/aromatic N) is 2. The second-order valence-corrected chi connectivity index (χ2v) is 8.22. The van der Waals surface area contributed by atoms with E-state index >= 15 is 0 Å². The number of nitro benzene ring substituents is 1. The molecular formula is C27H19N3O5. The highest BCUT2D eigenvalue weighted by Crippen LogP contribution is 2.36. The van der Waals surface area contributed by atoms with Crippen LogP contribution in [-0.2, 0) is 0 Å². The van der Waals surface area contributed by atoms with Crippen LogP contribution in [0.5, 0.6) is 0 Å². The lowest BCUT2D eigenvalue weighted by Crippen LogP contribution is -2.40. The topological polar surface area (TPSA) is 110 Å². The van der Waals surface area contributed by atoms with E-state index in [1.165, 1.54) is 30.3 Å². The number of anilines is 1. The van der Waals surface area contributed by atoms with Gasteiger partial charge in [0.15, 0.2) is 0 Å². The predicted molar refractivity (Wildman–Crippen MR) is 131 cm³/mol. The highest BCUT2D eigenvalue weighted by atomic mass is 16.6. The van der Waals surface area contributed by atoms with Gasteiger partial charge >= 0.3 is 0 Å². The minimum Gasteiger partial charge on any atom is -0.346 e. The summed E-state index contributed by atoms with van der Waals surface area (Å²) in [6.45, 7) is 1.88. The first kappa shape index (κ1) is 22.0. The lowest BCUT2D eigenvalue weighted by molar-refractivity contribution is -0.383. The van der Waals surface area contributed by atoms with E-state index in [-0.39, 0.29) is 39.5 Å². The standard InChI is InChI=1S/C27H19N3O5/c1-16(17-6-3-2-4-7-17)28-25(31)18-10-12-19(13-11-18)29-26(32)21-9-5-8-20-23(30(34)35)15-14-22(24(20)21)27(29)33/h2-16H,1H3,(H,28,31). The Morgan fingerprint density at radius 3 is 2.17 bits per heavy atom. The van der Waals surface area contributed by atoms with Crippen molar-refractivity contribution in [1.29, 1.82) is 0 Å². The zero-order valence-corrected chi connectivity index (χ0v) is 18.6. The average Bonchev–Trinajstić information content (AvgIpc) is 2.87. The van der Waals surface area contributed by atoms with Crippen molar-refractivity contribution in [3.63, 3.8) is 0 Å². The molecule has 0 saturated heterocycles. The maximum Gasteiger partial charge on any atom is 0.277 e. The molecule has 35 heavy (non-hydrogen) atoms. The summed E-state index contributed by atoms with van der Waals surface area (Å²) in [5.74, 6) is -1.45. The number of rotatable bonds is 5. The molecule has 0 aliphatic carbocycles. The fraction of sp³-hybridized carbons (Fsp3) is 0.0741. The molecule has 1 aliphatic rings. The maximum absolute atomic E-state index is 13.3. The van der Waals surface area contributed by atoms with E-state index in [1.54, 1.807) is 24.3 Å². The van der Waals surface area contributed by atoms with E-state index in [1.807, 2.05) is 37.3 Å². The number of hydrogen-bond acceptors (Lipinski definition) is 5. The molecule has 0 aromatic heterocycles. The van der Waals surface area contributed by atoms with Crippen LogP contribution >= 0.6 is 0 Å². The van der Waals surface area contributed by atoms with Crippen molar-refractivity contribution in [2.75, 3.05) is 4.90 Å². The molecule has 0 radical (unpaired) electrons. The Bertz CT molecular complexity index is 1490. The third-order valence-corrected chi connectivity index (χ3v) is 6.12. The Morgan fingerprint density at radius 1 is 0.857 bits per heavy atom. The Balaban J connectivity index is 1.44. The number of carbonyl (C=O) groups is 3. The Kier molecular flexibility index (Phi) is 5.33. The van der Waals surface area contributed by atoms with Crippen LogP contribution in [0.25, 0.3) is 10.8 Å². The largest absolute Gasteiger partial charge is 0.346 e. The summed E-state index contributed by atoms with van der Waals surface area (Å²) in [6, 6.07) is 22.8. The highest BCUT2D eigenvalue weighted by Gasteiger charge is 2.35. The second kappa shape index (κ2) is 8.49. The van der Waals surface area contributed by atoms with Crippen molar-refractivity contribution < 1.29 is 19.3 Å². The van der Waals surface area contributed by atoms with Gasteiger partial charge in [-0.3, -0.25) is 24.5 Å². The molecule has 1 atom stereocenters. The number of carbonyl (C=O) groups excluding carboxylic acids is 3. The van der Waals surface area contributed by atoms with E-state index in [0.717, 1.165) is 10.5 Å². The summed E-state index contributed by atoms with van der Waals surface area (Å²) in [6.07, 6.45) is 0. The number of amides is 3. The van der Waals surface area contributed by atoms with Gasteiger partial charge in [-0.2, -0.15) is 0 Å². The lowest BCUT2D eigenvalue weighted by Gasteiger charge is -2.27. The van der Waals surface area contributed by atoms with Crippen molar-refractivity contribution in [2.24, 2.45) is 0 Å². The molecule has 0 spiro atoms. The third-order valence-electron chi connectivity index (χ3n) is 6.12. The predicted octanol–water partition coefficient (Wildman–Crippen LogP) is 5.04. The van der Waals surface area contributed by atoms with Crippen LogP contribution < -0.4 is 10.2 Å². The number of non-ortho nitro benzene ring substituents is 1. The summed E-state index contributed by atoms with van der Waals surface area (Å²) < 4.78 is 0. The lowest BCUT2D eigenvalue weighted by atomic mass is 9.92. The van der Waals surface area contributed by atoms with Crippen molar-refractivity contribution in [3.8, 4) is 0 Å². The van der Waals surface area contributed by atoms with Gasteiger partial charge in [-0.1, -0.05) is 36.4 Å². The summed E-state index contributed by atoms with van der Waals surface area (Å²) >= 11 is 0. The molecule has 0 saturated carbocycles. The van der Waals surface area contributed by atoms with Crippen LogP contribution in [-0.4, -0.2) is 22.6 Å². The first-order valence-electron chi connectivity index (χ1n) is 10.9. The van der Waals surface area contributed by atoms with Crippen molar-refractivity contribution >= 4 is 39.9 Å². The summed E-state index contributed by atoms with van der Waals surface area (Å²) in [4.78, 5) is 51.2. The molecule has 8 nitrogen and oxygen atoms in total. The molecule has 1 heterocycles. The molecule has 8 heteroatoms. The van der Waals surface area contributed by atoms with Gasteiger partial charge in [0.25, 0.3) is 23.4 Å². The monoisotopic (exact) mass is 465 g/mol. The van der Waals surface area contributed by atoms with Crippen LogP contribution in [0.4, 0.5) is 11.4 Å². The molecule has 0 fully saturated rings.